The number of carbonyl (C=O) groups is 1. The first-order chi connectivity index (χ1) is 9.05. The average molecular weight is 282 g/mol. The molecular formula is C15H26O3Si. The van der Waals surface area contributed by atoms with Gasteiger partial charge in [0.25, 0.3) is 0 Å². The van der Waals surface area contributed by atoms with Crippen molar-refractivity contribution in [3.8, 4) is 0 Å². The number of hydrogen-bond donors (Lipinski definition) is 2. The standard InChI is InChI=1S/C15H26O3Si/c1-4-9-19(10-5-2,11-6-3)12-7-8-14(17)15(18)13-16/h4-6,15-16,18H,1-3,7-13H2. The fourth-order valence-corrected chi connectivity index (χ4v) is 6.26. The summed E-state index contributed by atoms with van der Waals surface area (Å²) in [7, 11) is -1.56. The molecule has 0 aromatic carbocycles. The molecule has 0 aliphatic carbocycles. The van der Waals surface area contributed by atoms with Crippen molar-refractivity contribution in [1.82, 2.24) is 0 Å². The van der Waals surface area contributed by atoms with Gasteiger partial charge >= 0.3 is 0 Å². The first-order valence-corrected chi connectivity index (χ1v) is 9.52. The van der Waals surface area contributed by atoms with Gasteiger partial charge in [0.1, 0.15) is 6.10 Å². The van der Waals surface area contributed by atoms with Gasteiger partial charge in [-0.2, -0.15) is 0 Å². The van der Waals surface area contributed by atoms with Gasteiger partial charge in [-0.15, -0.1) is 19.7 Å². The number of hydrogen-bond acceptors (Lipinski definition) is 3. The van der Waals surface area contributed by atoms with Crippen LogP contribution in [0, 0.1) is 0 Å². The summed E-state index contributed by atoms with van der Waals surface area (Å²) in [5.74, 6) is -0.277. The number of allylic oxidation sites excluding steroid dienone is 3. The molecule has 0 aromatic heterocycles. The number of rotatable bonds is 12. The Bertz CT molecular complexity index is 286. The van der Waals surface area contributed by atoms with E-state index >= 15 is 0 Å². The molecule has 2 N–H and O–H groups in total. The Labute approximate surface area is 117 Å². The zero-order valence-electron chi connectivity index (χ0n) is 11.7. The lowest BCUT2D eigenvalue weighted by Crippen LogP contribution is -2.32. The van der Waals surface area contributed by atoms with Gasteiger partial charge in [0.15, 0.2) is 5.78 Å². The molecular weight excluding hydrogens is 256 g/mol. The first-order valence-electron chi connectivity index (χ1n) is 6.69. The molecule has 0 aliphatic heterocycles. The molecule has 19 heavy (non-hydrogen) atoms. The monoisotopic (exact) mass is 282 g/mol. The Morgan fingerprint density at radius 2 is 1.58 bits per heavy atom. The quantitative estimate of drug-likeness (QED) is 0.427. The van der Waals surface area contributed by atoms with Crippen molar-refractivity contribution < 1.29 is 15.0 Å². The van der Waals surface area contributed by atoms with Crippen LogP contribution in [-0.4, -0.2) is 36.8 Å². The van der Waals surface area contributed by atoms with Crippen LogP contribution in [0.3, 0.4) is 0 Å². The van der Waals surface area contributed by atoms with Gasteiger partial charge in [-0.1, -0.05) is 24.3 Å². The molecule has 0 rings (SSSR count). The predicted octanol–water partition coefficient (Wildman–Crippen LogP) is 2.70. The molecule has 0 aromatic rings. The Morgan fingerprint density at radius 1 is 1.11 bits per heavy atom. The van der Waals surface area contributed by atoms with E-state index in [1.165, 1.54) is 0 Å². The van der Waals surface area contributed by atoms with Gasteiger partial charge in [-0.05, 0) is 24.6 Å². The summed E-state index contributed by atoms with van der Waals surface area (Å²) in [6.07, 6.45) is 5.69. The summed E-state index contributed by atoms with van der Waals surface area (Å²) in [6.45, 7) is 11.0. The number of Topliss-reactive ketones (excluding diaryl/α,β-unsaturated/α-hetero) is 1. The van der Waals surface area contributed by atoms with Crippen LogP contribution < -0.4 is 0 Å². The molecule has 0 aliphatic rings. The van der Waals surface area contributed by atoms with E-state index in [0.717, 1.165) is 30.6 Å². The van der Waals surface area contributed by atoms with Crippen molar-refractivity contribution in [3.63, 3.8) is 0 Å². The topological polar surface area (TPSA) is 57.5 Å². The summed E-state index contributed by atoms with van der Waals surface area (Å²) in [4.78, 5) is 11.5. The van der Waals surface area contributed by atoms with Gasteiger partial charge in [-0.3, -0.25) is 4.79 Å². The van der Waals surface area contributed by atoms with E-state index in [-0.39, 0.29) is 5.78 Å². The van der Waals surface area contributed by atoms with Gasteiger partial charge in [0, 0.05) is 6.42 Å². The van der Waals surface area contributed by atoms with Crippen molar-refractivity contribution in [3.05, 3.63) is 38.0 Å². The predicted molar refractivity (Wildman–Crippen MR) is 82.9 cm³/mol. The molecule has 4 heteroatoms. The second-order valence-corrected chi connectivity index (χ2v) is 9.72. The van der Waals surface area contributed by atoms with E-state index in [9.17, 15) is 9.90 Å². The fourth-order valence-electron chi connectivity index (χ4n) is 2.38. The third kappa shape index (κ3) is 6.66. The van der Waals surface area contributed by atoms with Crippen molar-refractivity contribution in [2.45, 2.75) is 43.1 Å². The molecule has 108 valence electrons. The fraction of sp³-hybridized carbons (Fsp3) is 0.533. The van der Waals surface area contributed by atoms with Gasteiger partial charge in [0.05, 0.1) is 14.7 Å². The highest BCUT2D eigenvalue weighted by Gasteiger charge is 2.28. The Hall–Kier alpha value is -0.973. The SMILES string of the molecule is C=CC[Si](CC=C)(CC=C)CCCC(=O)C(O)CO. The zero-order chi connectivity index (χ0) is 14.7. The molecule has 0 radical (unpaired) electrons. The normalized spacial score (nSPS) is 12.7. The van der Waals surface area contributed by atoms with E-state index < -0.39 is 20.8 Å². The zero-order valence-corrected chi connectivity index (χ0v) is 12.7. The minimum Gasteiger partial charge on any atom is -0.393 e. The first kappa shape index (κ1) is 18.0. The summed E-state index contributed by atoms with van der Waals surface area (Å²) in [5.41, 5.74) is 0. The summed E-state index contributed by atoms with van der Waals surface area (Å²) in [6, 6.07) is 3.95. The molecule has 0 amide bonds. The van der Waals surface area contributed by atoms with E-state index in [1.54, 1.807) is 0 Å². The van der Waals surface area contributed by atoms with Crippen LogP contribution in [0.25, 0.3) is 0 Å². The van der Waals surface area contributed by atoms with Crippen LogP contribution in [0.15, 0.2) is 38.0 Å². The van der Waals surface area contributed by atoms with E-state index in [1.807, 2.05) is 18.2 Å². The van der Waals surface area contributed by atoms with Crippen molar-refractivity contribution >= 4 is 13.9 Å². The molecule has 0 heterocycles. The largest absolute Gasteiger partial charge is 0.393 e. The van der Waals surface area contributed by atoms with Crippen LogP contribution in [0.2, 0.25) is 24.2 Å². The van der Waals surface area contributed by atoms with Crippen LogP contribution >= 0.6 is 0 Å². The third-order valence-corrected chi connectivity index (χ3v) is 8.29. The molecule has 0 saturated heterocycles. The maximum absolute atomic E-state index is 11.5. The molecule has 0 saturated carbocycles. The number of aliphatic hydroxyl groups is 2. The highest BCUT2D eigenvalue weighted by Crippen LogP contribution is 2.29. The van der Waals surface area contributed by atoms with Crippen molar-refractivity contribution in [2.75, 3.05) is 6.61 Å². The maximum atomic E-state index is 11.5. The molecule has 0 fully saturated rings. The third-order valence-electron chi connectivity index (χ3n) is 3.41. The number of ketones is 1. The van der Waals surface area contributed by atoms with E-state index in [0.29, 0.717) is 6.42 Å². The van der Waals surface area contributed by atoms with Crippen molar-refractivity contribution in [2.24, 2.45) is 0 Å². The maximum Gasteiger partial charge on any atom is 0.163 e. The molecule has 1 unspecified atom stereocenters. The molecule has 0 spiro atoms. The second kappa shape index (κ2) is 9.89. The van der Waals surface area contributed by atoms with Crippen LogP contribution in [-0.2, 0) is 4.79 Å². The summed E-state index contributed by atoms with van der Waals surface area (Å²) < 4.78 is 0. The highest BCUT2D eigenvalue weighted by molar-refractivity contribution is 6.81. The van der Waals surface area contributed by atoms with Crippen molar-refractivity contribution in [1.29, 1.82) is 0 Å². The van der Waals surface area contributed by atoms with Gasteiger partial charge in [0.2, 0.25) is 0 Å². The minimum absolute atomic E-state index is 0.277. The Balaban J connectivity index is 4.47. The lowest BCUT2D eigenvalue weighted by Gasteiger charge is -2.28. The van der Waals surface area contributed by atoms with E-state index in [4.69, 9.17) is 5.11 Å². The molecule has 1 atom stereocenters. The van der Waals surface area contributed by atoms with Crippen LogP contribution in [0.5, 0.6) is 0 Å². The van der Waals surface area contributed by atoms with Crippen LogP contribution in [0.1, 0.15) is 12.8 Å². The van der Waals surface area contributed by atoms with Crippen LogP contribution in [0.4, 0.5) is 0 Å². The smallest absolute Gasteiger partial charge is 0.163 e. The average Bonchev–Trinajstić information content (AvgIpc) is 2.38. The summed E-state index contributed by atoms with van der Waals surface area (Å²) >= 11 is 0. The molecule has 3 nitrogen and oxygen atoms in total. The van der Waals surface area contributed by atoms with Gasteiger partial charge < -0.3 is 10.2 Å². The number of carbonyl (C=O) groups excluding carboxylic acids is 1. The Kier molecular flexibility index (Phi) is 9.39. The number of aliphatic hydroxyl groups excluding tert-OH is 2. The minimum atomic E-state index is -1.56. The molecule has 0 bridgehead atoms. The van der Waals surface area contributed by atoms with E-state index in [2.05, 4.69) is 19.7 Å². The van der Waals surface area contributed by atoms with Gasteiger partial charge in [-0.25, -0.2) is 0 Å². The lowest BCUT2D eigenvalue weighted by atomic mass is 10.1. The Morgan fingerprint density at radius 3 is 1.95 bits per heavy atom. The lowest BCUT2D eigenvalue weighted by molar-refractivity contribution is -0.128. The summed E-state index contributed by atoms with van der Waals surface area (Å²) in [5, 5.41) is 17.9. The second-order valence-electron chi connectivity index (χ2n) is 5.00. The highest BCUT2D eigenvalue weighted by atomic mass is 28.3.